The lowest BCUT2D eigenvalue weighted by Gasteiger charge is -2.18. The minimum Gasteiger partial charge on any atom is -0.325 e. The molecule has 0 radical (unpaired) electrons. The van der Waals surface area contributed by atoms with E-state index < -0.39 is 5.25 Å². The van der Waals surface area contributed by atoms with Gasteiger partial charge in [-0.1, -0.05) is 48.2 Å². The fourth-order valence-corrected chi connectivity index (χ4v) is 7.00. The number of carbonyl (C=O) groups is 1. The molecule has 2 aromatic carbocycles. The van der Waals surface area contributed by atoms with E-state index in [4.69, 9.17) is 4.98 Å². The molecule has 1 aliphatic carbocycles. The number of hydrogen-bond donors (Lipinski definition) is 1. The molecule has 1 unspecified atom stereocenters. The summed E-state index contributed by atoms with van der Waals surface area (Å²) >= 11 is 2.96. The lowest BCUT2D eigenvalue weighted by atomic mass is 9.97. The summed E-state index contributed by atoms with van der Waals surface area (Å²) in [6.07, 6.45) is 4.25. The van der Waals surface area contributed by atoms with Crippen LogP contribution >= 0.6 is 23.1 Å². The molecule has 2 aromatic heterocycles. The first-order chi connectivity index (χ1) is 16.4. The molecular weight excluding hydrogens is 462 g/mol. The fourth-order valence-electron chi connectivity index (χ4n) is 4.63. The number of fused-ring (bicyclic) bond motifs is 3. The molecule has 0 saturated carbocycles. The highest BCUT2D eigenvalue weighted by Crippen LogP contribution is 2.38. The van der Waals surface area contributed by atoms with Crippen molar-refractivity contribution in [3.05, 3.63) is 86.0 Å². The Labute approximate surface area is 207 Å². The van der Waals surface area contributed by atoms with Crippen LogP contribution in [0.3, 0.4) is 0 Å². The van der Waals surface area contributed by atoms with Crippen LogP contribution in [-0.2, 0) is 24.7 Å². The summed E-state index contributed by atoms with van der Waals surface area (Å²) in [4.78, 5) is 33.8. The second kappa shape index (κ2) is 9.39. The van der Waals surface area contributed by atoms with Crippen LogP contribution in [0.2, 0.25) is 0 Å². The number of rotatable bonds is 5. The summed E-state index contributed by atoms with van der Waals surface area (Å²) in [6, 6.07) is 15.7. The number of aryl methyl sites for hydroxylation is 4. The van der Waals surface area contributed by atoms with E-state index in [2.05, 4.69) is 11.4 Å². The van der Waals surface area contributed by atoms with Crippen molar-refractivity contribution in [1.29, 1.82) is 0 Å². The van der Waals surface area contributed by atoms with Gasteiger partial charge in [0.1, 0.15) is 10.1 Å². The molecule has 1 amide bonds. The van der Waals surface area contributed by atoms with E-state index in [9.17, 15) is 9.59 Å². The molecule has 0 bridgehead atoms. The Hall–Kier alpha value is -2.90. The largest absolute Gasteiger partial charge is 0.325 e. The zero-order chi connectivity index (χ0) is 23.8. The summed E-state index contributed by atoms with van der Waals surface area (Å²) < 4.78 is 1.61. The topological polar surface area (TPSA) is 64.0 Å². The maximum atomic E-state index is 13.5. The van der Waals surface area contributed by atoms with Crippen molar-refractivity contribution in [2.24, 2.45) is 7.05 Å². The molecule has 5 nitrogen and oxygen atoms in total. The number of anilines is 1. The Balaban J connectivity index is 1.53. The summed E-state index contributed by atoms with van der Waals surface area (Å²) in [6.45, 7) is 4.03. The number of thioether (sulfide) groups is 1. The average Bonchev–Trinajstić information content (AvgIpc) is 3.18. The molecule has 1 N–H and O–H groups in total. The first kappa shape index (κ1) is 22.9. The van der Waals surface area contributed by atoms with Crippen LogP contribution in [0.5, 0.6) is 0 Å². The minimum absolute atomic E-state index is 0.0200. The molecular formula is C27H27N3O2S2. The van der Waals surface area contributed by atoms with Gasteiger partial charge in [0.05, 0.1) is 5.39 Å². The zero-order valence-corrected chi connectivity index (χ0v) is 21.2. The summed E-state index contributed by atoms with van der Waals surface area (Å²) in [7, 11) is 1.76. The van der Waals surface area contributed by atoms with Gasteiger partial charge in [0, 0.05) is 17.6 Å². The lowest BCUT2D eigenvalue weighted by molar-refractivity contribution is -0.115. The van der Waals surface area contributed by atoms with Gasteiger partial charge < -0.3 is 5.32 Å². The number of thiophene rings is 1. The van der Waals surface area contributed by atoms with Gasteiger partial charge in [0.25, 0.3) is 5.56 Å². The molecule has 4 aromatic rings. The highest BCUT2D eigenvalue weighted by molar-refractivity contribution is 8.00. The number of benzene rings is 2. The lowest BCUT2D eigenvalue weighted by Crippen LogP contribution is -2.23. The number of carbonyl (C=O) groups excluding carboxylic acids is 1. The van der Waals surface area contributed by atoms with E-state index in [1.807, 2.05) is 56.3 Å². The van der Waals surface area contributed by atoms with Gasteiger partial charge in [-0.05, 0) is 73.9 Å². The third-order valence-corrected chi connectivity index (χ3v) is 8.69. The Morgan fingerprint density at radius 2 is 1.79 bits per heavy atom. The van der Waals surface area contributed by atoms with Crippen LogP contribution in [0.25, 0.3) is 10.2 Å². The molecule has 0 fully saturated rings. The predicted molar refractivity (Wildman–Crippen MR) is 141 cm³/mol. The molecule has 2 heterocycles. The molecule has 7 heteroatoms. The second-order valence-electron chi connectivity index (χ2n) is 8.92. The van der Waals surface area contributed by atoms with Crippen LogP contribution in [-0.4, -0.2) is 15.5 Å². The van der Waals surface area contributed by atoms with E-state index in [0.29, 0.717) is 5.16 Å². The van der Waals surface area contributed by atoms with Gasteiger partial charge in [0.2, 0.25) is 5.91 Å². The number of nitrogens with zero attached hydrogens (tertiary/aromatic N) is 2. The van der Waals surface area contributed by atoms with Crippen molar-refractivity contribution in [3.8, 4) is 0 Å². The van der Waals surface area contributed by atoms with E-state index in [0.717, 1.165) is 58.3 Å². The molecule has 1 aliphatic rings. The van der Waals surface area contributed by atoms with Crippen molar-refractivity contribution in [3.63, 3.8) is 0 Å². The van der Waals surface area contributed by atoms with Gasteiger partial charge in [-0.2, -0.15) is 0 Å². The zero-order valence-electron chi connectivity index (χ0n) is 19.6. The van der Waals surface area contributed by atoms with Gasteiger partial charge in [-0.15, -0.1) is 11.3 Å². The van der Waals surface area contributed by atoms with E-state index >= 15 is 0 Å². The van der Waals surface area contributed by atoms with Crippen molar-refractivity contribution in [2.45, 2.75) is 49.9 Å². The second-order valence-corrected chi connectivity index (χ2v) is 11.1. The third kappa shape index (κ3) is 4.42. The maximum Gasteiger partial charge on any atom is 0.262 e. The molecule has 0 saturated heterocycles. The van der Waals surface area contributed by atoms with Gasteiger partial charge >= 0.3 is 0 Å². The fraction of sp³-hybridized carbons (Fsp3) is 0.296. The molecule has 0 aliphatic heterocycles. The molecule has 174 valence electrons. The molecule has 1 atom stereocenters. The third-order valence-electron chi connectivity index (χ3n) is 6.21. The van der Waals surface area contributed by atoms with Crippen LogP contribution < -0.4 is 10.9 Å². The van der Waals surface area contributed by atoms with Crippen molar-refractivity contribution in [1.82, 2.24) is 9.55 Å². The van der Waals surface area contributed by atoms with E-state index in [-0.39, 0.29) is 11.5 Å². The van der Waals surface area contributed by atoms with Gasteiger partial charge in [-0.3, -0.25) is 14.2 Å². The first-order valence-electron chi connectivity index (χ1n) is 11.5. The maximum absolute atomic E-state index is 13.5. The van der Waals surface area contributed by atoms with Gasteiger partial charge in [0.15, 0.2) is 5.16 Å². The predicted octanol–water partition coefficient (Wildman–Crippen LogP) is 5.96. The van der Waals surface area contributed by atoms with Gasteiger partial charge in [-0.25, -0.2) is 4.98 Å². The standard InChI is InChI=1S/C27H27N3O2S2/c1-16-13-17(2)15-19(14-16)28-24(31)23(18-9-5-4-6-10-18)34-27-29-25-22(26(32)30(27)3)20-11-7-8-12-21(20)33-25/h4-6,9-10,13-15,23H,7-8,11-12H2,1-3H3,(H,28,31). The molecule has 5 rings (SSSR count). The number of amides is 1. The smallest absolute Gasteiger partial charge is 0.262 e. The summed E-state index contributed by atoms with van der Waals surface area (Å²) in [5.41, 5.74) is 4.99. The van der Waals surface area contributed by atoms with Crippen molar-refractivity contribution in [2.75, 3.05) is 5.32 Å². The minimum atomic E-state index is -0.549. The van der Waals surface area contributed by atoms with Crippen LogP contribution in [0.1, 0.15) is 45.2 Å². The Morgan fingerprint density at radius 1 is 1.09 bits per heavy atom. The average molecular weight is 490 g/mol. The number of hydrogen-bond acceptors (Lipinski definition) is 5. The van der Waals surface area contributed by atoms with Crippen LogP contribution in [0.15, 0.2) is 58.5 Å². The Morgan fingerprint density at radius 3 is 2.53 bits per heavy atom. The SMILES string of the molecule is Cc1cc(C)cc(NC(=O)C(Sc2nc3sc4c(c3c(=O)n2C)CCCC4)c2ccccc2)c1. The first-order valence-corrected chi connectivity index (χ1v) is 13.2. The highest BCUT2D eigenvalue weighted by atomic mass is 32.2. The van der Waals surface area contributed by atoms with Crippen LogP contribution in [0, 0.1) is 13.8 Å². The Bertz CT molecular complexity index is 1420. The summed E-state index contributed by atoms with van der Waals surface area (Å²) in [5, 5.41) is 3.85. The number of aromatic nitrogens is 2. The Kier molecular flexibility index (Phi) is 6.32. The van der Waals surface area contributed by atoms with Crippen molar-refractivity contribution >= 4 is 44.9 Å². The normalized spacial score (nSPS) is 14.1. The molecule has 34 heavy (non-hydrogen) atoms. The quantitative estimate of drug-likeness (QED) is 0.277. The molecule has 0 spiro atoms. The number of nitrogens with one attached hydrogen (secondary N) is 1. The van der Waals surface area contributed by atoms with Crippen molar-refractivity contribution < 1.29 is 4.79 Å². The highest BCUT2D eigenvalue weighted by Gasteiger charge is 2.27. The van der Waals surface area contributed by atoms with E-state index in [1.54, 1.807) is 23.0 Å². The summed E-state index contributed by atoms with van der Waals surface area (Å²) in [5.74, 6) is -0.138. The van der Waals surface area contributed by atoms with Crippen LogP contribution in [0.4, 0.5) is 5.69 Å². The van der Waals surface area contributed by atoms with E-state index in [1.165, 1.54) is 22.2 Å². The monoisotopic (exact) mass is 489 g/mol.